The van der Waals surface area contributed by atoms with Crippen molar-refractivity contribution in [3.05, 3.63) is 69.7 Å². The molecule has 1 aromatic heterocycles. The number of aromatic nitrogens is 3. The first-order valence-corrected chi connectivity index (χ1v) is 8.32. The minimum Gasteiger partial charge on any atom is -0.454 e. The van der Waals surface area contributed by atoms with Gasteiger partial charge in [0.15, 0.2) is 12.4 Å². The summed E-state index contributed by atoms with van der Waals surface area (Å²) in [7, 11) is 0. The fourth-order valence-electron chi connectivity index (χ4n) is 2.12. The normalized spacial score (nSPS) is 10.5. The SMILES string of the molecule is Nc1nc(COC(=O)c2c(Cl)cccc2Cl)nc(Nc2ccc(F)cc2)n1. The maximum atomic E-state index is 13.0. The summed E-state index contributed by atoms with van der Waals surface area (Å²) >= 11 is 11.9. The molecule has 3 rings (SSSR count). The van der Waals surface area contributed by atoms with Crippen LogP contribution >= 0.6 is 23.2 Å². The van der Waals surface area contributed by atoms with Crippen LogP contribution in [0.3, 0.4) is 0 Å². The Bertz CT molecular complexity index is 965. The highest BCUT2D eigenvalue weighted by Crippen LogP contribution is 2.25. The average molecular weight is 408 g/mol. The molecule has 0 amide bonds. The molecular formula is C17H12Cl2FN5O2. The summed E-state index contributed by atoms with van der Waals surface area (Å²) in [4.78, 5) is 24.2. The number of halogens is 3. The van der Waals surface area contributed by atoms with Crippen LogP contribution in [0.4, 0.5) is 22.0 Å². The molecule has 3 N–H and O–H groups in total. The molecule has 0 aliphatic rings. The molecule has 10 heteroatoms. The fourth-order valence-corrected chi connectivity index (χ4v) is 2.67. The van der Waals surface area contributed by atoms with Crippen LogP contribution in [-0.4, -0.2) is 20.9 Å². The van der Waals surface area contributed by atoms with Crippen molar-refractivity contribution in [2.45, 2.75) is 6.61 Å². The molecule has 7 nitrogen and oxygen atoms in total. The van der Waals surface area contributed by atoms with E-state index in [1.165, 1.54) is 36.4 Å². The lowest BCUT2D eigenvalue weighted by Crippen LogP contribution is -2.11. The van der Waals surface area contributed by atoms with Crippen LogP contribution in [0.5, 0.6) is 0 Å². The summed E-state index contributed by atoms with van der Waals surface area (Å²) in [5.74, 6) is -0.935. The number of ether oxygens (including phenoxy) is 1. The lowest BCUT2D eigenvalue weighted by molar-refractivity contribution is 0.0462. The number of rotatable bonds is 5. The van der Waals surface area contributed by atoms with E-state index in [-0.39, 0.29) is 45.8 Å². The molecule has 0 aliphatic carbocycles. The third-order valence-electron chi connectivity index (χ3n) is 3.30. The number of esters is 1. The monoisotopic (exact) mass is 407 g/mol. The zero-order valence-electron chi connectivity index (χ0n) is 13.6. The van der Waals surface area contributed by atoms with Gasteiger partial charge >= 0.3 is 5.97 Å². The number of benzene rings is 2. The van der Waals surface area contributed by atoms with Gasteiger partial charge in [-0.05, 0) is 36.4 Å². The van der Waals surface area contributed by atoms with Crippen molar-refractivity contribution in [1.29, 1.82) is 0 Å². The number of anilines is 3. The van der Waals surface area contributed by atoms with Gasteiger partial charge in [0.05, 0.1) is 15.6 Å². The molecule has 138 valence electrons. The smallest absolute Gasteiger partial charge is 0.341 e. The van der Waals surface area contributed by atoms with Gasteiger partial charge < -0.3 is 15.8 Å². The van der Waals surface area contributed by atoms with Crippen molar-refractivity contribution in [3.8, 4) is 0 Å². The third kappa shape index (κ3) is 4.81. The third-order valence-corrected chi connectivity index (χ3v) is 3.93. The van der Waals surface area contributed by atoms with Gasteiger partial charge in [0.1, 0.15) is 5.82 Å². The molecule has 0 fully saturated rings. The summed E-state index contributed by atoms with van der Waals surface area (Å²) in [6, 6.07) is 10.2. The Morgan fingerprint density at radius 3 is 2.41 bits per heavy atom. The van der Waals surface area contributed by atoms with Crippen LogP contribution < -0.4 is 11.1 Å². The van der Waals surface area contributed by atoms with Gasteiger partial charge in [0.2, 0.25) is 11.9 Å². The standard InChI is InChI=1S/C17H12Cl2FN5O2/c18-11-2-1-3-12(19)14(11)15(26)27-8-13-23-16(21)25-17(24-13)22-10-6-4-9(20)5-7-10/h1-7H,8H2,(H3,21,22,23,24,25). The number of nitrogen functional groups attached to an aromatic ring is 1. The van der Waals surface area contributed by atoms with E-state index in [2.05, 4.69) is 20.3 Å². The fraction of sp³-hybridized carbons (Fsp3) is 0.0588. The summed E-state index contributed by atoms with van der Waals surface area (Å²) < 4.78 is 18.1. The highest BCUT2D eigenvalue weighted by molar-refractivity contribution is 6.39. The Morgan fingerprint density at radius 1 is 1.07 bits per heavy atom. The van der Waals surface area contributed by atoms with E-state index in [1.807, 2.05) is 0 Å². The second-order valence-corrected chi connectivity index (χ2v) is 6.05. The first-order valence-electron chi connectivity index (χ1n) is 7.56. The minimum atomic E-state index is -0.724. The van der Waals surface area contributed by atoms with E-state index in [0.29, 0.717) is 5.69 Å². The Kier molecular flexibility index (Phi) is 5.68. The first kappa shape index (κ1) is 18.8. The quantitative estimate of drug-likeness (QED) is 0.615. The molecule has 0 unspecified atom stereocenters. The minimum absolute atomic E-state index is 0.0486. The van der Waals surface area contributed by atoms with Gasteiger partial charge in [-0.3, -0.25) is 0 Å². The molecule has 0 saturated carbocycles. The van der Waals surface area contributed by atoms with Crippen molar-refractivity contribution in [1.82, 2.24) is 15.0 Å². The number of nitrogens with zero attached hydrogens (tertiary/aromatic N) is 3. The molecule has 2 aromatic carbocycles. The van der Waals surface area contributed by atoms with Crippen molar-refractivity contribution in [2.24, 2.45) is 0 Å². The molecule has 1 heterocycles. The second-order valence-electron chi connectivity index (χ2n) is 5.24. The zero-order valence-corrected chi connectivity index (χ0v) is 15.1. The summed E-state index contributed by atoms with van der Waals surface area (Å²) in [6.45, 7) is -0.273. The van der Waals surface area contributed by atoms with E-state index in [9.17, 15) is 9.18 Å². The molecule has 0 aliphatic heterocycles. The average Bonchev–Trinajstić information content (AvgIpc) is 2.61. The Labute approximate surface area is 163 Å². The van der Waals surface area contributed by atoms with Crippen LogP contribution in [0.25, 0.3) is 0 Å². The van der Waals surface area contributed by atoms with Crippen molar-refractivity contribution < 1.29 is 13.9 Å². The topological polar surface area (TPSA) is 103 Å². The predicted octanol–water partition coefficient (Wildman–Crippen LogP) is 4.00. The van der Waals surface area contributed by atoms with Crippen LogP contribution in [-0.2, 0) is 11.3 Å². The summed E-state index contributed by atoms with van der Waals surface area (Å²) in [5, 5.41) is 3.19. The number of hydrogen-bond donors (Lipinski definition) is 2. The summed E-state index contributed by atoms with van der Waals surface area (Å²) in [5.41, 5.74) is 6.26. The van der Waals surface area contributed by atoms with Gasteiger partial charge in [0, 0.05) is 5.69 Å². The maximum absolute atomic E-state index is 13.0. The number of hydrogen-bond acceptors (Lipinski definition) is 7. The first-order chi connectivity index (χ1) is 12.9. The van der Waals surface area contributed by atoms with Crippen molar-refractivity contribution in [3.63, 3.8) is 0 Å². The Morgan fingerprint density at radius 2 is 1.74 bits per heavy atom. The number of carbonyl (C=O) groups excluding carboxylic acids is 1. The molecule has 0 radical (unpaired) electrons. The lowest BCUT2D eigenvalue weighted by Gasteiger charge is -2.09. The van der Waals surface area contributed by atoms with Gasteiger partial charge in [0.25, 0.3) is 0 Å². The van der Waals surface area contributed by atoms with E-state index >= 15 is 0 Å². The summed E-state index contributed by atoms with van der Waals surface area (Å²) in [6.07, 6.45) is 0. The second kappa shape index (κ2) is 8.15. The Hall–Kier alpha value is -2.97. The van der Waals surface area contributed by atoms with Crippen molar-refractivity contribution >= 4 is 46.8 Å². The van der Waals surface area contributed by atoms with E-state index in [4.69, 9.17) is 33.7 Å². The molecule has 3 aromatic rings. The molecule has 27 heavy (non-hydrogen) atoms. The van der Waals surface area contributed by atoms with Gasteiger partial charge in [-0.15, -0.1) is 0 Å². The zero-order chi connectivity index (χ0) is 19.4. The van der Waals surface area contributed by atoms with Crippen LogP contribution in [0.15, 0.2) is 42.5 Å². The van der Waals surface area contributed by atoms with Gasteiger partial charge in [-0.2, -0.15) is 15.0 Å². The van der Waals surface area contributed by atoms with Crippen LogP contribution in [0, 0.1) is 5.82 Å². The van der Waals surface area contributed by atoms with Crippen LogP contribution in [0.1, 0.15) is 16.2 Å². The van der Waals surface area contributed by atoms with E-state index < -0.39 is 5.97 Å². The number of carbonyl (C=O) groups is 1. The molecular weight excluding hydrogens is 396 g/mol. The van der Waals surface area contributed by atoms with E-state index in [1.54, 1.807) is 6.07 Å². The highest BCUT2D eigenvalue weighted by Gasteiger charge is 2.17. The van der Waals surface area contributed by atoms with Gasteiger partial charge in [-0.25, -0.2) is 9.18 Å². The van der Waals surface area contributed by atoms with E-state index in [0.717, 1.165) is 0 Å². The lowest BCUT2D eigenvalue weighted by atomic mass is 10.2. The number of nitrogens with two attached hydrogens (primary N) is 1. The maximum Gasteiger partial charge on any atom is 0.341 e. The molecule has 0 atom stereocenters. The predicted molar refractivity (Wildman–Crippen MR) is 99.5 cm³/mol. The van der Waals surface area contributed by atoms with Crippen molar-refractivity contribution in [2.75, 3.05) is 11.1 Å². The van der Waals surface area contributed by atoms with Crippen LogP contribution in [0.2, 0.25) is 10.0 Å². The largest absolute Gasteiger partial charge is 0.454 e. The van der Waals surface area contributed by atoms with Gasteiger partial charge in [-0.1, -0.05) is 29.3 Å². The Balaban J connectivity index is 1.73. The molecule has 0 spiro atoms. The highest BCUT2D eigenvalue weighted by atomic mass is 35.5. The molecule has 0 saturated heterocycles. The molecule has 0 bridgehead atoms. The number of nitrogens with one attached hydrogen (secondary N) is 1.